The molecule has 1 aromatic carbocycles. The molecule has 2 N–H and O–H groups in total. The summed E-state index contributed by atoms with van der Waals surface area (Å²) in [4.78, 5) is 4.26. The van der Waals surface area contributed by atoms with Gasteiger partial charge in [-0.15, -0.1) is 10.2 Å². The van der Waals surface area contributed by atoms with Crippen LogP contribution in [-0.2, 0) is 19.5 Å². The Bertz CT molecular complexity index is 863. The van der Waals surface area contributed by atoms with E-state index in [9.17, 15) is 0 Å². The van der Waals surface area contributed by atoms with Crippen LogP contribution in [0.4, 0.5) is 0 Å². The average molecular weight is 340 g/mol. The van der Waals surface area contributed by atoms with Crippen LogP contribution in [0.3, 0.4) is 0 Å². The van der Waals surface area contributed by atoms with Gasteiger partial charge in [-0.1, -0.05) is 25.1 Å². The second-order valence-corrected chi connectivity index (χ2v) is 5.79. The molecule has 2 heterocycles. The number of furan rings is 1. The summed E-state index contributed by atoms with van der Waals surface area (Å²) in [6, 6.07) is 8.08. The summed E-state index contributed by atoms with van der Waals surface area (Å²) in [7, 11) is 1.76. The minimum atomic E-state index is 0.590. The van der Waals surface area contributed by atoms with Gasteiger partial charge in [0.2, 0.25) is 0 Å². The maximum Gasteiger partial charge on any atom is 0.191 e. The molecular weight excluding hydrogens is 316 g/mol. The predicted molar refractivity (Wildman–Crippen MR) is 98.6 cm³/mol. The van der Waals surface area contributed by atoms with Gasteiger partial charge in [-0.2, -0.15) is 0 Å². The van der Waals surface area contributed by atoms with Crippen molar-refractivity contribution in [3.8, 4) is 0 Å². The number of hydrogen-bond acceptors (Lipinski definition) is 4. The lowest BCUT2D eigenvalue weighted by Gasteiger charge is -2.12. The number of nitrogens with one attached hydrogen (secondary N) is 2. The molecule has 2 aromatic heterocycles. The summed E-state index contributed by atoms with van der Waals surface area (Å²) >= 11 is 0. The number of aliphatic imine (C=N–C) groups is 1. The number of aromatic nitrogens is 3. The second-order valence-electron chi connectivity index (χ2n) is 5.79. The zero-order chi connectivity index (χ0) is 17.6. The Hall–Kier alpha value is -2.83. The van der Waals surface area contributed by atoms with Crippen molar-refractivity contribution in [3.05, 3.63) is 47.7 Å². The highest BCUT2D eigenvalue weighted by Crippen LogP contribution is 2.24. The molecule has 7 heteroatoms. The van der Waals surface area contributed by atoms with Gasteiger partial charge in [-0.25, -0.2) is 0 Å². The quantitative estimate of drug-likeness (QED) is 0.531. The molecule has 25 heavy (non-hydrogen) atoms. The number of benzene rings is 1. The Balaban J connectivity index is 1.54. The van der Waals surface area contributed by atoms with Crippen LogP contribution in [0.15, 0.2) is 40.0 Å². The highest BCUT2D eigenvalue weighted by molar-refractivity contribution is 5.82. The first-order valence-electron chi connectivity index (χ1n) is 8.51. The number of aryl methyl sites for hydroxylation is 2. The molecule has 3 aromatic rings. The van der Waals surface area contributed by atoms with Crippen molar-refractivity contribution in [2.45, 2.75) is 33.4 Å². The molecule has 7 nitrogen and oxygen atoms in total. The molecule has 0 amide bonds. The number of para-hydroxylation sites is 1. The summed E-state index contributed by atoms with van der Waals surface area (Å²) in [5.74, 6) is 2.66. The van der Waals surface area contributed by atoms with Gasteiger partial charge in [0.15, 0.2) is 5.96 Å². The largest absolute Gasteiger partial charge is 0.459 e. The molecule has 0 unspecified atom stereocenters. The summed E-state index contributed by atoms with van der Waals surface area (Å²) < 4.78 is 7.97. The van der Waals surface area contributed by atoms with Crippen molar-refractivity contribution >= 4 is 16.9 Å². The van der Waals surface area contributed by atoms with E-state index in [0.29, 0.717) is 6.54 Å². The Morgan fingerprint density at radius 3 is 2.88 bits per heavy atom. The number of hydrogen-bond donors (Lipinski definition) is 2. The molecule has 0 aliphatic carbocycles. The van der Waals surface area contributed by atoms with Crippen LogP contribution < -0.4 is 10.6 Å². The third-order valence-corrected chi connectivity index (χ3v) is 4.24. The fourth-order valence-corrected chi connectivity index (χ4v) is 2.81. The summed E-state index contributed by atoms with van der Waals surface area (Å²) in [5, 5.41) is 15.8. The Labute approximate surface area is 147 Å². The van der Waals surface area contributed by atoms with Crippen LogP contribution in [-0.4, -0.2) is 34.3 Å². The second kappa shape index (κ2) is 7.83. The van der Waals surface area contributed by atoms with E-state index in [1.54, 1.807) is 13.4 Å². The molecule has 0 bridgehead atoms. The molecule has 0 saturated heterocycles. The topological polar surface area (TPSA) is 80.3 Å². The maximum atomic E-state index is 5.92. The SMILES string of the molecule is CCc1nncn1CCNC(=NC)NCc1oc2ccccc2c1C. The zero-order valence-electron chi connectivity index (χ0n) is 14.9. The molecule has 0 radical (unpaired) electrons. The third kappa shape index (κ3) is 3.81. The lowest BCUT2D eigenvalue weighted by Crippen LogP contribution is -2.38. The normalized spacial score (nSPS) is 11.9. The molecule has 132 valence electrons. The monoisotopic (exact) mass is 340 g/mol. The van der Waals surface area contributed by atoms with Crippen molar-refractivity contribution in [1.29, 1.82) is 0 Å². The van der Waals surface area contributed by atoms with Crippen molar-refractivity contribution in [2.24, 2.45) is 4.99 Å². The Morgan fingerprint density at radius 1 is 1.28 bits per heavy atom. The van der Waals surface area contributed by atoms with Gasteiger partial charge in [-0.3, -0.25) is 4.99 Å². The van der Waals surface area contributed by atoms with Crippen molar-refractivity contribution in [1.82, 2.24) is 25.4 Å². The number of rotatable bonds is 6. The van der Waals surface area contributed by atoms with Crippen molar-refractivity contribution < 1.29 is 4.42 Å². The first-order chi connectivity index (χ1) is 12.2. The minimum Gasteiger partial charge on any atom is -0.459 e. The van der Waals surface area contributed by atoms with E-state index in [0.717, 1.165) is 53.6 Å². The smallest absolute Gasteiger partial charge is 0.191 e. The Morgan fingerprint density at radius 2 is 2.12 bits per heavy atom. The maximum absolute atomic E-state index is 5.92. The standard InChI is InChI=1S/C18H24N6O/c1-4-17-23-22-12-24(17)10-9-20-18(19-3)21-11-16-13(2)14-7-5-6-8-15(14)25-16/h5-8,12H,4,9-11H2,1-3H3,(H2,19,20,21). The highest BCUT2D eigenvalue weighted by atomic mass is 16.3. The van der Waals surface area contributed by atoms with E-state index in [2.05, 4.69) is 45.7 Å². The highest BCUT2D eigenvalue weighted by Gasteiger charge is 2.10. The minimum absolute atomic E-state index is 0.590. The molecule has 3 rings (SSSR count). The van der Waals surface area contributed by atoms with Crippen LogP contribution in [0, 0.1) is 6.92 Å². The average Bonchev–Trinajstić information content (AvgIpc) is 3.22. The van der Waals surface area contributed by atoms with Gasteiger partial charge >= 0.3 is 0 Å². The summed E-state index contributed by atoms with van der Waals surface area (Å²) in [6.07, 6.45) is 2.63. The fourth-order valence-electron chi connectivity index (χ4n) is 2.81. The molecule has 0 aliphatic heterocycles. The van der Waals surface area contributed by atoms with Gasteiger partial charge in [0.25, 0.3) is 0 Å². The van der Waals surface area contributed by atoms with Crippen molar-refractivity contribution in [2.75, 3.05) is 13.6 Å². The van der Waals surface area contributed by atoms with Crippen LogP contribution in [0.25, 0.3) is 11.0 Å². The van der Waals surface area contributed by atoms with Gasteiger partial charge < -0.3 is 19.6 Å². The lowest BCUT2D eigenvalue weighted by molar-refractivity contribution is 0.533. The summed E-state index contributed by atoms with van der Waals surface area (Å²) in [5.41, 5.74) is 2.08. The van der Waals surface area contributed by atoms with Crippen LogP contribution in [0.2, 0.25) is 0 Å². The first-order valence-corrected chi connectivity index (χ1v) is 8.51. The number of nitrogens with zero attached hydrogens (tertiary/aromatic N) is 4. The number of fused-ring (bicyclic) bond motifs is 1. The molecular formula is C18H24N6O. The molecule has 0 saturated carbocycles. The van der Waals surface area contributed by atoms with Gasteiger partial charge in [-0.05, 0) is 13.0 Å². The van der Waals surface area contributed by atoms with E-state index in [1.165, 1.54) is 0 Å². The zero-order valence-corrected chi connectivity index (χ0v) is 14.9. The molecule has 0 fully saturated rings. The molecule has 0 spiro atoms. The van der Waals surface area contributed by atoms with E-state index in [4.69, 9.17) is 4.42 Å². The van der Waals surface area contributed by atoms with Gasteiger partial charge in [0.1, 0.15) is 23.5 Å². The Kier molecular flexibility index (Phi) is 5.33. The van der Waals surface area contributed by atoms with Crippen molar-refractivity contribution in [3.63, 3.8) is 0 Å². The first kappa shape index (κ1) is 17.0. The van der Waals surface area contributed by atoms with Gasteiger partial charge in [0.05, 0.1) is 6.54 Å². The van der Waals surface area contributed by atoms with Crippen LogP contribution in [0.5, 0.6) is 0 Å². The molecule has 0 aliphatic rings. The van der Waals surface area contributed by atoms with E-state index in [1.807, 2.05) is 22.8 Å². The fraction of sp³-hybridized carbons (Fsp3) is 0.389. The predicted octanol–water partition coefficient (Wildman–Crippen LogP) is 2.26. The molecule has 0 atom stereocenters. The number of guanidine groups is 1. The van der Waals surface area contributed by atoms with Gasteiger partial charge in [0, 0.05) is 37.5 Å². The lowest BCUT2D eigenvalue weighted by atomic mass is 10.1. The van der Waals surface area contributed by atoms with Crippen LogP contribution >= 0.6 is 0 Å². The third-order valence-electron chi connectivity index (χ3n) is 4.24. The summed E-state index contributed by atoms with van der Waals surface area (Å²) in [6.45, 7) is 6.28. The van der Waals surface area contributed by atoms with E-state index < -0.39 is 0 Å². The van der Waals surface area contributed by atoms with E-state index >= 15 is 0 Å². The van der Waals surface area contributed by atoms with E-state index in [-0.39, 0.29) is 0 Å². The van der Waals surface area contributed by atoms with Crippen LogP contribution in [0.1, 0.15) is 24.1 Å².